The van der Waals surface area contributed by atoms with Gasteiger partial charge in [-0.2, -0.15) is 9.97 Å². The minimum atomic E-state index is 0.347. The van der Waals surface area contributed by atoms with E-state index >= 15 is 0 Å². The third-order valence-corrected chi connectivity index (χ3v) is 6.45. The van der Waals surface area contributed by atoms with Gasteiger partial charge < -0.3 is 19.3 Å². The molecule has 0 radical (unpaired) electrons. The molecule has 4 heterocycles. The third-order valence-electron chi connectivity index (χ3n) is 6.45. The topological polar surface area (TPSA) is 67.8 Å². The van der Waals surface area contributed by atoms with Gasteiger partial charge in [0, 0.05) is 31.6 Å². The summed E-state index contributed by atoms with van der Waals surface area (Å²) in [4.78, 5) is 26.4. The summed E-state index contributed by atoms with van der Waals surface area (Å²) in [6.45, 7) is 3.99. The van der Waals surface area contributed by atoms with Crippen LogP contribution in [0.5, 0.6) is 11.8 Å². The molecule has 0 spiro atoms. The van der Waals surface area contributed by atoms with Crippen LogP contribution >= 0.6 is 0 Å². The van der Waals surface area contributed by atoms with Gasteiger partial charge in [-0.15, -0.1) is 0 Å². The Labute approximate surface area is 161 Å². The van der Waals surface area contributed by atoms with E-state index in [1.807, 2.05) is 0 Å². The quantitative estimate of drug-likeness (QED) is 0.789. The second kappa shape index (κ2) is 7.52. The van der Waals surface area contributed by atoms with Crippen molar-refractivity contribution in [1.29, 1.82) is 0 Å². The number of fused-ring (bicyclic) bond motifs is 4. The van der Waals surface area contributed by atoms with Crippen LogP contribution in [0.1, 0.15) is 45.4 Å². The molecule has 0 aliphatic carbocycles. The van der Waals surface area contributed by atoms with E-state index in [0.29, 0.717) is 47.5 Å². The molecule has 0 unspecified atom stereocenters. The van der Waals surface area contributed by atoms with Gasteiger partial charge in [0.2, 0.25) is 23.6 Å². The first-order valence-electron chi connectivity index (χ1n) is 10.2. The first-order chi connectivity index (χ1) is 13.1. The third kappa shape index (κ3) is 3.32. The Morgan fingerprint density at radius 3 is 2.52 bits per heavy atom. The number of rotatable bonds is 5. The Morgan fingerprint density at radius 2 is 1.85 bits per heavy atom. The lowest BCUT2D eigenvalue weighted by molar-refractivity contribution is -0.149. The first kappa shape index (κ1) is 18.3. The summed E-state index contributed by atoms with van der Waals surface area (Å²) in [7, 11) is 3.22. The van der Waals surface area contributed by atoms with E-state index in [2.05, 4.69) is 26.7 Å². The van der Waals surface area contributed by atoms with Crippen LogP contribution in [0.25, 0.3) is 0 Å². The number of carbonyl (C=O) groups is 1. The minimum absolute atomic E-state index is 0.347. The highest BCUT2D eigenvalue weighted by Gasteiger charge is 2.49. The van der Waals surface area contributed by atoms with Crippen LogP contribution in [0.15, 0.2) is 6.07 Å². The zero-order valence-electron chi connectivity index (χ0n) is 16.6. The van der Waals surface area contributed by atoms with Gasteiger partial charge in [0.25, 0.3) is 0 Å². The van der Waals surface area contributed by atoms with Crippen molar-refractivity contribution >= 4 is 11.9 Å². The van der Waals surface area contributed by atoms with Gasteiger partial charge in [-0.1, -0.05) is 13.3 Å². The summed E-state index contributed by atoms with van der Waals surface area (Å²) < 4.78 is 10.7. The Kier molecular flexibility index (Phi) is 5.10. The molecule has 0 aromatic carbocycles. The van der Waals surface area contributed by atoms with Crippen molar-refractivity contribution < 1.29 is 14.3 Å². The normalized spacial score (nSPS) is 30.1. The molecule has 7 heteroatoms. The fourth-order valence-corrected chi connectivity index (χ4v) is 5.35. The highest BCUT2D eigenvalue weighted by Crippen LogP contribution is 2.43. The summed E-state index contributed by atoms with van der Waals surface area (Å²) in [6.07, 6.45) is 6.25. The monoisotopic (exact) mass is 374 g/mol. The molecule has 4 atom stereocenters. The van der Waals surface area contributed by atoms with Crippen LogP contribution in [0.3, 0.4) is 0 Å². The van der Waals surface area contributed by atoms with E-state index < -0.39 is 0 Å². The van der Waals surface area contributed by atoms with E-state index in [-0.39, 0.29) is 0 Å². The highest BCUT2D eigenvalue weighted by molar-refractivity contribution is 5.78. The Morgan fingerprint density at radius 1 is 1.15 bits per heavy atom. The van der Waals surface area contributed by atoms with Gasteiger partial charge in [-0.05, 0) is 37.5 Å². The number of amides is 1. The molecule has 4 rings (SSSR count). The summed E-state index contributed by atoms with van der Waals surface area (Å²) in [6, 6.07) is 2.42. The van der Waals surface area contributed by atoms with E-state index in [1.165, 1.54) is 6.42 Å². The fourth-order valence-electron chi connectivity index (χ4n) is 5.35. The number of piperidine rings is 3. The standard InChI is InChI=1S/C20H30N4O3/c1-4-6-15-13-9-14(16-7-5-8-19(25)24(15)16)12-23(11-13)20-21-17(26-2)10-18(22-20)27-3/h10,13-16H,4-9,11-12H2,1-3H3/t13-,14+,15-,16-/m0/s1. The number of methoxy groups -OCH3 is 2. The van der Waals surface area contributed by atoms with E-state index in [4.69, 9.17) is 9.47 Å². The van der Waals surface area contributed by atoms with Gasteiger partial charge in [-0.3, -0.25) is 4.79 Å². The molecule has 3 aliphatic heterocycles. The lowest BCUT2D eigenvalue weighted by Gasteiger charge is -2.56. The molecule has 1 aromatic heterocycles. The van der Waals surface area contributed by atoms with Crippen LogP contribution in [0, 0.1) is 11.8 Å². The molecule has 148 valence electrons. The molecule has 27 heavy (non-hydrogen) atoms. The Bertz CT molecular complexity index is 676. The Balaban J connectivity index is 1.64. The molecule has 3 fully saturated rings. The molecule has 7 nitrogen and oxygen atoms in total. The van der Waals surface area contributed by atoms with Gasteiger partial charge >= 0.3 is 0 Å². The van der Waals surface area contributed by atoms with Crippen molar-refractivity contribution in [3.63, 3.8) is 0 Å². The smallest absolute Gasteiger partial charge is 0.231 e. The molecular formula is C20H30N4O3. The maximum absolute atomic E-state index is 12.7. The van der Waals surface area contributed by atoms with E-state index in [0.717, 1.165) is 45.2 Å². The average Bonchev–Trinajstić information content (AvgIpc) is 2.70. The zero-order chi connectivity index (χ0) is 19.0. The predicted molar refractivity (Wildman–Crippen MR) is 102 cm³/mol. The molecule has 0 saturated carbocycles. The fraction of sp³-hybridized carbons (Fsp3) is 0.750. The van der Waals surface area contributed by atoms with E-state index in [1.54, 1.807) is 20.3 Å². The van der Waals surface area contributed by atoms with Crippen molar-refractivity contribution in [2.24, 2.45) is 11.8 Å². The van der Waals surface area contributed by atoms with Crippen LogP contribution in [-0.4, -0.2) is 60.2 Å². The van der Waals surface area contributed by atoms with Gasteiger partial charge in [-0.25, -0.2) is 0 Å². The summed E-state index contributed by atoms with van der Waals surface area (Å²) in [5.74, 6) is 3.04. The molecular weight excluding hydrogens is 344 g/mol. The van der Waals surface area contributed by atoms with Crippen LogP contribution in [0.4, 0.5) is 5.95 Å². The lowest BCUT2D eigenvalue weighted by atomic mass is 9.71. The number of anilines is 1. The van der Waals surface area contributed by atoms with Crippen LogP contribution in [-0.2, 0) is 4.79 Å². The Hall–Kier alpha value is -2.05. The lowest BCUT2D eigenvalue weighted by Crippen LogP contribution is -2.65. The maximum atomic E-state index is 12.7. The molecule has 1 amide bonds. The summed E-state index contributed by atoms with van der Waals surface area (Å²) in [5.41, 5.74) is 0. The SMILES string of the molecule is CCC[C@H]1[C@H]2C[C@H](CN(c3nc(OC)cc(OC)n3)C2)[C@@H]2CCCC(=O)N21. The average molecular weight is 374 g/mol. The minimum Gasteiger partial charge on any atom is -0.481 e. The number of ether oxygens (including phenoxy) is 2. The molecule has 3 aliphatic rings. The van der Waals surface area contributed by atoms with Crippen molar-refractivity contribution in [3.8, 4) is 11.8 Å². The number of carbonyl (C=O) groups excluding carboxylic acids is 1. The molecule has 0 N–H and O–H groups in total. The number of hydrogen-bond acceptors (Lipinski definition) is 6. The largest absolute Gasteiger partial charge is 0.481 e. The van der Waals surface area contributed by atoms with Gasteiger partial charge in [0.15, 0.2) is 0 Å². The van der Waals surface area contributed by atoms with Crippen molar-refractivity contribution in [3.05, 3.63) is 6.07 Å². The maximum Gasteiger partial charge on any atom is 0.231 e. The van der Waals surface area contributed by atoms with Crippen molar-refractivity contribution in [2.45, 2.75) is 57.5 Å². The number of hydrogen-bond donors (Lipinski definition) is 0. The highest BCUT2D eigenvalue weighted by atomic mass is 16.5. The second-order valence-electron chi connectivity index (χ2n) is 8.03. The van der Waals surface area contributed by atoms with Crippen LogP contribution in [0.2, 0.25) is 0 Å². The number of nitrogens with zero attached hydrogens (tertiary/aromatic N) is 4. The summed E-state index contributed by atoms with van der Waals surface area (Å²) in [5, 5.41) is 0. The molecule has 3 saturated heterocycles. The summed E-state index contributed by atoms with van der Waals surface area (Å²) >= 11 is 0. The van der Waals surface area contributed by atoms with Crippen LogP contribution < -0.4 is 14.4 Å². The zero-order valence-corrected chi connectivity index (χ0v) is 16.6. The second-order valence-corrected chi connectivity index (χ2v) is 8.03. The van der Waals surface area contributed by atoms with Gasteiger partial charge in [0.05, 0.1) is 20.3 Å². The number of aromatic nitrogens is 2. The van der Waals surface area contributed by atoms with Crippen molar-refractivity contribution in [2.75, 3.05) is 32.2 Å². The van der Waals surface area contributed by atoms with Gasteiger partial charge in [0.1, 0.15) is 0 Å². The molecule has 1 aromatic rings. The first-order valence-corrected chi connectivity index (χ1v) is 10.2. The molecule has 2 bridgehead atoms. The predicted octanol–water partition coefficient (Wildman–Crippen LogP) is 2.50. The van der Waals surface area contributed by atoms with E-state index in [9.17, 15) is 4.79 Å². The van der Waals surface area contributed by atoms with Crippen molar-refractivity contribution in [1.82, 2.24) is 14.9 Å².